The quantitative estimate of drug-likeness (QED) is 0.919. The van der Waals surface area contributed by atoms with Gasteiger partial charge < -0.3 is 5.11 Å². The van der Waals surface area contributed by atoms with Gasteiger partial charge in [-0.05, 0) is 6.42 Å². The molecular formula is C9H10ClF3N2O2. The number of hydrogen-bond acceptors (Lipinski definition) is 2. The van der Waals surface area contributed by atoms with Crippen LogP contribution >= 0.6 is 11.6 Å². The average molecular weight is 271 g/mol. The van der Waals surface area contributed by atoms with Crippen LogP contribution in [0.3, 0.4) is 0 Å². The first-order valence-corrected chi connectivity index (χ1v) is 5.10. The zero-order valence-corrected chi connectivity index (χ0v) is 9.80. The van der Waals surface area contributed by atoms with Gasteiger partial charge in [0.25, 0.3) is 0 Å². The van der Waals surface area contributed by atoms with Gasteiger partial charge in [0.2, 0.25) is 0 Å². The zero-order valence-electron chi connectivity index (χ0n) is 9.05. The van der Waals surface area contributed by atoms with Crippen molar-refractivity contribution < 1.29 is 23.1 Å². The zero-order chi connectivity index (χ0) is 13.4. The van der Waals surface area contributed by atoms with Crippen molar-refractivity contribution in [3.63, 3.8) is 0 Å². The predicted octanol–water partition coefficient (Wildman–Crippen LogP) is 2.67. The summed E-state index contributed by atoms with van der Waals surface area (Å²) < 4.78 is 38.8. The number of alkyl halides is 3. The number of hydrogen-bond donors (Lipinski definition) is 1. The second kappa shape index (κ2) is 4.56. The van der Waals surface area contributed by atoms with Crippen LogP contribution < -0.4 is 0 Å². The summed E-state index contributed by atoms with van der Waals surface area (Å²) in [6, 6.07) is 0. The Morgan fingerprint density at radius 3 is 2.47 bits per heavy atom. The van der Waals surface area contributed by atoms with E-state index in [0.29, 0.717) is 0 Å². The van der Waals surface area contributed by atoms with Crippen molar-refractivity contribution in [1.29, 1.82) is 0 Å². The highest BCUT2D eigenvalue weighted by Gasteiger charge is 2.42. The van der Waals surface area contributed by atoms with E-state index in [2.05, 4.69) is 5.10 Å². The minimum absolute atomic E-state index is 0.00380. The molecule has 1 aromatic heterocycles. The van der Waals surface area contributed by atoms with Crippen molar-refractivity contribution >= 4 is 17.6 Å². The Kier molecular flexibility index (Phi) is 3.71. The van der Waals surface area contributed by atoms with Crippen LogP contribution in [0.5, 0.6) is 0 Å². The lowest BCUT2D eigenvalue weighted by Gasteiger charge is -2.12. The lowest BCUT2D eigenvalue weighted by Crippen LogP contribution is -2.16. The first kappa shape index (κ1) is 13.8. The van der Waals surface area contributed by atoms with E-state index in [4.69, 9.17) is 16.7 Å². The number of aryl methyl sites for hydroxylation is 1. The van der Waals surface area contributed by atoms with Gasteiger partial charge in [-0.25, -0.2) is 0 Å². The minimum atomic E-state index is -4.72. The van der Waals surface area contributed by atoms with E-state index in [-0.39, 0.29) is 11.6 Å². The van der Waals surface area contributed by atoms with Crippen LogP contribution in [0, 0.1) is 0 Å². The molecule has 1 atom stereocenters. The fraction of sp³-hybridized carbons (Fsp3) is 0.556. The maximum Gasteiger partial charge on any atom is 0.435 e. The third kappa shape index (κ3) is 2.54. The van der Waals surface area contributed by atoms with Crippen LogP contribution in [-0.2, 0) is 18.0 Å². The van der Waals surface area contributed by atoms with E-state index in [1.165, 1.54) is 14.0 Å². The van der Waals surface area contributed by atoms with Crippen molar-refractivity contribution in [2.24, 2.45) is 7.05 Å². The van der Waals surface area contributed by atoms with Gasteiger partial charge in [-0.1, -0.05) is 18.5 Å². The molecule has 0 radical (unpaired) electrons. The van der Waals surface area contributed by atoms with E-state index >= 15 is 0 Å². The molecule has 1 heterocycles. The summed E-state index contributed by atoms with van der Waals surface area (Å²) in [5.74, 6) is -2.67. The molecule has 17 heavy (non-hydrogen) atoms. The van der Waals surface area contributed by atoms with Crippen LogP contribution in [0.25, 0.3) is 0 Å². The van der Waals surface area contributed by atoms with Crippen molar-refractivity contribution in [3.8, 4) is 0 Å². The van der Waals surface area contributed by atoms with Gasteiger partial charge in [0.05, 0.1) is 5.92 Å². The van der Waals surface area contributed by atoms with Gasteiger partial charge in [0, 0.05) is 12.6 Å². The Bertz CT molecular complexity index is 442. The second-order valence-corrected chi connectivity index (χ2v) is 3.83. The van der Waals surface area contributed by atoms with Crippen LogP contribution in [0.15, 0.2) is 0 Å². The summed E-state index contributed by atoms with van der Waals surface area (Å²) in [7, 11) is 1.23. The number of carbonyl (C=O) groups is 1. The third-order valence-corrected chi connectivity index (χ3v) is 2.78. The fourth-order valence-electron chi connectivity index (χ4n) is 1.54. The van der Waals surface area contributed by atoms with Gasteiger partial charge in [-0.3, -0.25) is 9.48 Å². The van der Waals surface area contributed by atoms with E-state index in [0.717, 1.165) is 4.68 Å². The standard InChI is InChI=1S/C9H10ClF3N2O2/c1-3-4(8(16)17)5-6(9(11,12)13)14-15(2)7(5)10/h4H,3H2,1-2H3,(H,16,17). The Labute approximate surface area is 100.0 Å². The monoisotopic (exact) mass is 270 g/mol. The smallest absolute Gasteiger partial charge is 0.435 e. The molecule has 0 amide bonds. The number of carboxylic acid groups (broad SMARTS) is 1. The molecule has 0 aromatic carbocycles. The van der Waals surface area contributed by atoms with Crippen molar-refractivity contribution in [1.82, 2.24) is 9.78 Å². The van der Waals surface area contributed by atoms with Gasteiger partial charge in [-0.2, -0.15) is 18.3 Å². The fourth-order valence-corrected chi connectivity index (χ4v) is 1.80. The maximum absolute atomic E-state index is 12.7. The number of aliphatic carboxylic acids is 1. The minimum Gasteiger partial charge on any atom is -0.481 e. The Morgan fingerprint density at radius 1 is 1.59 bits per heavy atom. The summed E-state index contributed by atoms with van der Waals surface area (Å²) in [6.07, 6.45) is -4.72. The highest BCUT2D eigenvalue weighted by Crippen LogP contribution is 2.39. The number of carboxylic acids is 1. The van der Waals surface area contributed by atoms with Gasteiger partial charge in [-0.15, -0.1) is 0 Å². The molecule has 1 rings (SSSR count). The molecule has 0 bridgehead atoms. The molecule has 4 nitrogen and oxygen atoms in total. The van der Waals surface area contributed by atoms with Gasteiger partial charge >= 0.3 is 12.1 Å². The molecule has 0 saturated heterocycles. The molecule has 0 fully saturated rings. The lowest BCUT2D eigenvalue weighted by molar-refractivity contribution is -0.143. The lowest BCUT2D eigenvalue weighted by atomic mass is 9.97. The van der Waals surface area contributed by atoms with Crippen molar-refractivity contribution in [3.05, 3.63) is 16.4 Å². The van der Waals surface area contributed by atoms with Crippen LogP contribution in [0.2, 0.25) is 5.15 Å². The summed E-state index contributed by atoms with van der Waals surface area (Å²) in [4.78, 5) is 10.9. The highest BCUT2D eigenvalue weighted by molar-refractivity contribution is 6.30. The molecule has 0 aliphatic rings. The Morgan fingerprint density at radius 2 is 2.12 bits per heavy atom. The number of halogens is 4. The molecule has 1 N–H and O–H groups in total. The number of nitrogens with zero attached hydrogens (tertiary/aromatic N) is 2. The number of aromatic nitrogens is 2. The maximum atomic E-state index is 12.7. The van der Waals surface area contributed by atoms with E-state index in [1.807, 2.05) is 0 Å². The molecule has 0 spiro atoms. The first-order chi connectivity index (χ1) is 7.70. The molecule has 0 saturated carbocycles. The predicted molar refractivity (Wildman–Crippen MR) is 53.9 cm³/mol. The molecule has 96 valence electrons. The van der Waals surface area contributed by atoms with Gasteiger partial charge in [0.1, 0.15) is 5.15 Å². The van der Waals surface area contributed by atoms with Crippen LogP contribution in [0.4, 0.5) is 13.2 Å². The molecule has 0 aliphatic heterocycles. The third-order valence-electron chi connectivity index (χ3n) is 2.33. The van der Waals surface area contributed by atoms with Crippen molar-refractivity contribution in [2.45, 2.75) is 25.4 Å². The topological polar surface area (TPSA) is 55.1 Å². The molecular weight excluding hydrogens is 261 g/mol. The van der Waals surface area contributed by atoms with E-state index < -0.39 is 29.3 Å². The second-order valence-electron chi connectivity index (χ2n) is 3.47. The Hall–Kier alpha value is -1.24. The normalized spacial score (nSPS) is 13.8. The Balaban J connectivity index is 3.44. The van der Waals surface area contributed by atoms with Gasteiger partial charge in [0.15, 0.2) is 5.69 Å². The summed E-state index contributed by atoms with van der Waals surface area (Å²) >= 11 is 5.67. The number of rotatable bonds is 3. The van der Waals surface area contributed by atoms with E-state index in [9.17, 15) is 18.0 Å². The van der Waals surface area contributed by atoms with Crippen LogP contribution in [-0.4, -0.2) is 20.9 Å². The van der Waals surface area contributed by atoms with Crippen LogP contribution in [0.1, 0.15) is 30.5 Å². The molecule has 8 heteroatoms. The summed E-state index contributed by atoms with van der Waals surface area (Å²) in [5, 5.41) is 11.8. The SMILES string of the molecule is CCC(C(=O)O)c1c(C(F)(F)F)nn(C)c1Cl. The summed E-state index contributed by atoms with van der Waals surface area (Å²) in [5.41, 5.74) is -1.71. The van der Waals surface area contributed by atoms with E-state index in [1.54, 1.807) is 0 Å². The summed E-state index contributed by atoms with van der Waals surface area (Å²) in [6.45, 7) is 1.47. The first-order valence-electron chi connectivity index (χ1n) is 4.72. The molecule has 1 unspecified atom stereocenters. The highest BCUT2D eigenvalue weighted by atomic mass is 35.5. The largest absolute Gasteiger partial charge is 0.481 e. The molecule has 1 aromatic rings. The van der Waals surface area contributed by atoms with Crippen molar-refractivity contribution in [2.75, 3.05) is 0 Å². The average Bonchev–Trinajstić information content (AvgIpc) is 2.46. The molecule has 0 aliphatic carbocycles.